The Hall–Kier alpha value is -1.07. The van der Waals surface area contributed by atoms with Gasteiger partial charge in [-0.05, 0) is 31.0 Å². The van der Waals surface area contributed by atoms with E-state index in [-0.39, 0.29) is 11.9 Å². The number of hydrogen-bond acceptors (Lipinski definition) is 3. The summed E-state index contributed by atoms with van der Waals surface area (Å²) in [5.41, 5.74) is 6.71. The third-order valence-electron chi connectivity index (χ3n) is 3.36. The molecule has 5 heteroatoms. The Morgan fingerprint density at radius 3 is 2.85 bits per heavy atom. The summed E-state index contributed by atoms with van der Waals surface area (Å²) in [6.07, 6.45) is 3.00. The molecule has 1 amide bonds. The molecule has 1 atom stereocenters. The number of rotatable bonds is 5. The van der Waals surface area contributed by atoms with Crippen LogP contribution < -0.4 is 11.1 Å². The number of benzene rings is 1. The molecule has 1 aromatic carbocycles. The molecule has 3 nitrogen and oxygen atoms in total. The smallest absolute Gasteiger partial charge is 0.263 e. The van der Waals surface area contributed by atoms with Gasteiger partial charge < -0.3 is 11.1 Å². The van der Waals surface area contributed by atoms with Gasteiger partial charge in [0.05, 0.1) is 5.69 Å². The molecule has 3 N–H and O–H groups in total. The Bertz CT molecular complexity index is 624. The van der Waals surface area contributed by atoms with Gasteiger partial charge in [0, 0.05) is 20.6 Å². The number of amides is 1. The number of nitrogen functional groups attached to an aromatic ring is 1. The minimum atomic E-state index is -0.0554. The van der Waals surface area contributed by atoms with E-state index in [1.165, 1.54) is 11.3 Å². The highest BCUT2D eigenvalue weighted by molar-refractivity contribution is 9.10. The fraction of sp³-hybridized carbons (Fsp3) is 0.400. The molecule has 0 aliphatic heterocycles. The second-order valence-corrected chi connectivity index (χ2v) is 6.82. The maximum absolute atomic E-state index is 12.4. The van der Waals surface area contributed by atoms with Gasteiger partial charge in [-0.3, -0.25) is 4.79 Å². The minimum absolute atomic E-state index is 0.0554. The minimum Gasteiger partial charge on any atom is -0.397 e. The molecule has 2 aromatic rings. The number of hydrogen-bond donors (Lipinski definition) is 2. The molecule has 108 valence electrons. The van der Waals surface area contributed by atoms with E-state index in [0.717, 1.165) is 33.8 Å². The lowest BCUT2D eigenvalue weighted by molar-refractivity contribution is 0.0938. The van der Waals surface area contributed by atoms with Gasteiger partial charge in [0.15, 0.2) is 0 Å². The lowest BCUT2D eigenvalue weighted by Crippen LogP contribution is -2.34. The summed E-state index contributed by atoms with van der Waals surface area (Å²) in [7, 11) is 0. The molecule has 1 unspecified atom stereocenters. The summed E-state index contributed by atoms with van der Waals surface area (Å²) >= 11 is 4.89. The first-order valence-corrected chi connectivity index (χ1v) is 8.46. The van der Waals surface area contributed by atoms with Crippen LogP contribution in [-0.4, -0.2) is 11.9 Å². The van der Waals surface area contributed by atoms with E-state index in [2.05, 4.69) is 35.1 Å². The van der Waals surface area contributed by atoms with Crippen LogP contribution in [0.4, 0.5) is 5.69 Å². The van der Waals surface area contributed by atoms with E-state index in [4.69, 9.17) is 5.73 Å². The monoisotopic (exact) mass is 354 g/mol. The van der Waals surface area contributed by atoms with Crippen LogP contribution in [0.1, 0.15) is 42.8 Å². The molecule has 0 saturated carbocycles. The number of anilines is 1. The van der Waals surface area contributed by atoms with Crippen LogP contribution in [0.25, 0.3) is 10.1 Å². The zero-order valence-corrected chi connectivity index (χ0v) is 14.1. The number of carbonyl (C=O) groups is 1. The van der Waals surface area contributed by atoms with Crippen molar-refractivity contribution >= 4 is 48.9 Å². The van der Waals surface area contributed by atoms with Gasteiger partial charge in [-0.25, -0.2) is 0 Å². The van der Waals surface area contributed by atoms with Crippen molar-refractivity contribution in [2.75, 3.05) is 5.73 Å². The summed E-state index contributed by atoms with van der Waals surface area (Å²) < 4.78 is 2.01. The van der Waals surface area contributed by atoms with E-state index < -0.39 is 0 Å². The van der Waals surface area contributed by atoms with Crippen molar-refractivity contribution in [3.63, 3.8) is 0 Å². The van der Waals surface area contributed by atoms with E-state index in [9.17, 15) is 4.79 Å². The molecule has 20 heavy (non-hydrogen) atoms. The molecule has 1 heterocycles. The fourth-order valence-corrected chi connectivity index (χ4v) is 3.60. The van der Waals surface area contributed by atoms with Gasteiger partial charge in [0.2, 0.25) is 0 Å². The topological polar surface area (TPSA) is 55.1 Å². The van der Waals surface area contributed by atoms with Gasteiger partial charge in [-0.15, -0.1) is 11.3 Å². The lowest BCUT2D eigenvalue weighted by Gasteiger charge is -2.15. The van der Waals surface area contributed by atoms with E-state index in [1.54, 1.807) is 0 Å². The zero-order valence-electron chi connectivity index (χ0n) is 11.7. The Labute approximate surface area is 131 Å². The van der Waals surface area contributed by atoms with Crippen molar-refractivity contribution in [3.8, 4) is 0 Å². The molecule has 0 saturated heterocycles. The molecule has 1 aromatic heterocycles. The molecule has 0 fully saturated rings. The maximum atomic E-state index is 12.4. The van der Waals surface area contributed by atoms with E-state index >= 15 is 0 Å². The van der Waals surface area contributed by atoms with Crippen molar-refractivity contribution in [1.29, 1.82) is 0 Å². The lowest BCUT2D eigenvalue weighted by atomic mass is 10.1. The molecular weight excluding hydrogens is 336 g/mol. The Morgan fingerprint density at radius 2 is 2.20 bits per heavy atom. The van der Waals surface area contributed by atoms with Crippen LogP contribution >= 0.6 is 27.3 Å². The molecule has 2 rings (SSSR count). The van der Waals surface area contributed by atoms with Crippen molar-refractivity contribution in [2.24, 2.45) is 0 Å². The third kappa shape index (κ3) is 3.15. The first-order valence-electron chi connectivity index (χ1n) is 6.85. The Balaban J connectivity index is 2.28. The molecule has 0 bridgehead atoms. The first kappa shape index (κ1) is 15.3. The Kier molecular flexibility index (Phi) is 5.05. The summed E-state index contributed by atoms with van der Waals surface area (Å²) in [5.74, 6) is -0.0554. The van der Waals surface area contributed by atoms with Gasteiger partial charge in [0.1, 0.15) is 4.88 Å². The molecule has 0 spiro atoms. The first-order chi connectivity index (χ1) is 9.56. The SMILES string of the molecule is CCCC(CC)NC(=O)c1sc2ccc(Br)cc2c1N. The number of nitrogens with one attached hydrogen (secondary N) is 1. The highest BCUT2D eigenvalue weighted by Gasteiger charge is 2.18. The average molecular weight is 355 g/mol. The highest BCUT2D eigenvalue weighted by Crippen LogP contribution is 2.35. The largest absolute Gasteiger partial charge is 0.397 e. The van der Waals surface area contributed by atoms with Gasteiger partial charge in [-0.1, -0.05) is 36.2 Å². The standard InChI is InChI=1S/C15H19BrN2OS/c1-3-5-10(4-2)18-15(19)14-13(17)11-8-9(16)6-7-12(11)20-14/h6-8,10H,3-5,17H2,1-2H3,(H,18,19). The second kappa shape index (κ2) is 6.59. The van der Waals surface area contributed by atoms with Crippen LogP contribution in [-0.2, 0) is 0 Å². The summed E-state index contributed by atoms with van der Waals surface area (Å²) in [4.78, 5) is 13.0. The van der Waals surface area contributed by atoms with Crippen LogP contribution in [0.5, 0.6) is 0 Å². The number of fused-ring (bicyclic) bond motifs is 1. The van der Waals surface area contributed by atoms with E-state index in [1.807, 2.05) is 18.2 Å². The van der Waals surface area contributed by atoms with Gasteiger partial charge in [-0.2, -0.15) is 0 Å². The van der Waals surface area contributed by atoms with Crippen LogP contribution in [0.2, 0.25) is 0 Å². The third-order valence-corrected chi connectivity index (χ3v) is 5.04. The normalized spacial score (nSPS) is 12.6. The molecular formula is C15H19BrN2OS. The average Bonchev–Trinajstić information content (AvgIpc) is 2.75. The predicted molar refractivity (Wildman–Crippen MR) is 90.4 cm³/mol. The van der Waals surface area contributed by atoms with Gasteiger partial charge >= 0.3 is 0 Å². The fourth-order valence-electron chi connectivity index (χ4n) is 2.24. The van der Waals surface area contributed by atoms with Crippen molar-refractivity contribution in [1.82, 2.24) is 5.32 Å². The summed E-state index contributed by atoms with van der Waals surface area (Å²) in [6, 6.07) is 6.14. The number of halogens is 1. The highest BCUT2D eigenvalue weighted by atomic mass is 79.9. The second-order valence-electron chi connectivity index (χ2n) is 4.85. The van der Waals surface area contributed by atoms with Crippen LogP contribution in [0.3, 0.4) is 0 Å². The van der Waals surface area contributed by atoms with Crippen LogP contribution in [0.15, 0.2) is 22.7 Å². The number of carbonyl (C=O) groups excluding carboxylic acids is 1. The molecule has 0 radical (unpaired) electrons. The van der Waals surface area contributed by atoms with Crippen molar-refractivity contribution in [3.05, 3.63) is 27.5 Å². The van der Waals surface area contributed by atoms with Crippen molar-refractivity contribution < 1.29 is 4.79 Å². The van der Waals surface area contributed by atoms with E-state index in [0.29, 0.717) is 10.6 Å². The summed E-state index contributed by atoms with van der Waals surface area (Å²) in [5, 5.41) is 4.02. The molecule has 0 aliphatic rings. The Morgan fingerprint density at radius 1 is 1.45 bits per heavy atom. The van der Waals surface area contributed by atoms with Gasteiger partial charge in [0.25, 0.3) is 5.91 Å². The predicted octanol–water partition coefficient (Wildman–Crippen LogP) is 4.55. The zero-order chi connectivity index (χ0) is 14.7. The quantitative estimate of drug-likeness (QED) is 0.826. The maximum Gasteiger partial charge on any atom is 0.263 e. The number of nitrogens with two attached hydrogens (primary N) is 1. The van der Waals surface area contributed by atoms with Crippen molar-refractivity contribution in [2.45, 2.75) is 39.2 Å². The summed E-state index contributed by atoms with van der Waals surface area (Å²) in [6.45, 7) is 4.21. The number of thiophene rings is 1. The molecule has 0 aliphatic carbocycles. The van der Waals surface area contributed by atoms with Crippen LogP contribution in [0, 0.1) is 0 Å².